The van der Waals surface area contributed by atoms with E-state index in [1.165, 1.54) is 0 Å². The molecule has 1 atom stereocenters. The van der Waals surface area contributed by atoms with Crippen molar-refractivity contribution >= 4 is 5.69 Å². The van der Waals surface area contributed by atoms with Crippen LogP contribution >= 0.6 is 0 Å². The summed E-state index contributed by atoms with van der Waals surface area (Å²) >= 11 is 0. The first-order valence-electron chi connectivity index (χ1n) is 4.48. The van der Waals surface area contributed by atoms with Crippen molar-refractivity contribution in [1.29, 1.82) is 0 Å². The second kappa shape index (κ2) is 3.49. The van der Waals surface area contributed by atoms with Crippen LogP contribution in [0.5, 0.6) is 0 Å². The highest BCUT2D eigenvalue weighted by molar-refractivity contribution is 5.31. The maximum absolute atomic E-state index is 5.59. The van der Waals surface area contributed by atoms with Crippen LogP contribution < -0.4 is 5.73 Å². The number of nitrogen functional groups attached to an aromatic ring is 1. The van der Waals surface area contributed by atoms with Gasteiger partial charge in [-0.1, -0.05) is 6.07 Å². The largest absolute Gasteiger partial charge is 0.396 e. The average molecular weight is 188 g/mol. The standard InChI is InChI=1S/C10H12N4/c1-8(10-4-2-3-5-12-10)14-7-9(11)6-13-14/h2-8H,11H2,1H3. The fourth-order valence-corrected chi connectivity index (χ4v) is 1.32. The van der Waals surface area contributed by atoms with E-state index < -0.39 is 0 Å². The molecule has 0 spiro atoms. The maximum atomic E-state index is 5.59. The van der Waals surface area contributed by atoms with Crippen molar-refractivity contribution in [3.05, 3.63) is 42.5 Å². The zero-order valence-corrected chi connectivity index (χ0v) is 7.96. The summed E-state index contributed by atoms with van der Waals surface area (Å²) in [5.74, 6) is 0. The summed E-state index contributed by atoms with van der Waals surface area (Å²) in [7, 11) is 0. The van der Waals surface area contributed by atoms with Crippen LogP contribution in [0, 0.1) is 0 Å². The molecule has 0 aliphatic rings. The van der Waals surface area contributed by atoms with Crippen LogP contribution in [-0.2, 0) is 0 Å². The predicted octanol–water partition coefficient (Wildman–Crippen LogP) is 1.47. The molecule has 1 unspecified atom stereocenters. The molecule has 4 nitrogen and oxygen atoms in total. The minimum absolute atomic E-state index is 0.119. The molecule has 0 radical (unpaired) electrons. The van der Waals surface area contributed by atoms with E-state index in [4.69, 9.17) is 5.73 Å². The second-order valence-electron chi connectivity index (χ2n) is 3.18. The summed E-state index contributed by atoms with van der Waals surface area (Å²) in [5.41, 5.74) is 7.25. The Morgan fingerprint density at radius 3 is 2.86 bits per heavy atom. The van der Waals surface area contributed by atoms with Crippen LogP contribution in [0.2, 0.25) is 0 Å². The average Bonchev–Trinajstić information content (AvgIpc) is 2.65. The molecule has 0 aliphatic heterocycles. The molecule has 0 saturated heterocycles. The van der Waals surface area contributed by atoms with Gasteiger partial charge in [0, 0.05) is 12.4 Å². The molecule has 14 heavy (non-hydrogen) atoms. The van der Waals surface area contributed by atoms with Gasteiger partial charge in [-0.2, -0.15) is 5.10 Å². The van der Waals surface area contributed by atoms with Crippen molar-refractivity contribution in [2.75, 3.05) is 5.73 Å². The molecular weight excluding hydrogens is 176 g/mol. The molecule has 0 saturated carbocycles. The van der Waals surface area contributed by atoms with Crippen molar-refractivity contribution in [3.8, 4) is 0 Å². The van der Waals surface area contributed by atoms with Crippen LogP contribution in [0.1, 0.15) is 18.7 Å². The first kappa shape index (κ1) is 8.74. The lowest BCUT2D eigenvalue weighted by molar-refractivity contribution is 0.551. The minimum atomic E-state index is 0.119. The quantitative estimate of drug-likeness (QED) is 0.776. The summed E-state index contributed by atoms with van der Waals surface area (Å²) in [4.78, 5) is 4.26. The highest BCUT2D eigenvalue weighted by atomic mass is 15.3. The Morgan fingerprint density at radius 2 is 2.29 bits per heavy atom. The topological polar surface area (TPSA) is 56.7 Å². The number of hydrogen-bond acceptors (Lipinski definition) is 3. The van der Waals surface area contributed by atoms with E-state index in [0.29, 0.717) is 5.69 Å². The Hall–Kier alpha value is -1.84. The third-order valence-corrected chi connectivity index (χ3v) is 2.13. The molecule has 0 fully saturated rings. The third kappa shape index (κ3) is 1.59. The summed E-state index contributed by atoms with van der Waals surface area (Å²) in [6, 6.07) is 5.95. The normalized spacial score (nSPS) is 12.6. The Balaban J connectivity index is 2.29. The van der Waals surface area contributed by atoms with Gasteiger partial charge in [-0.3, -0.25) is 9.67 Å². The Labute approximate surface area is 82.4 Å². The fraction of sp³-hybridized carbons (Fsp3) is 0.200. The van der Waals surface area contributed by atoms with Gasteiger partial charge in [0.25, 0.3) is 0 Å². The molecular formula is C10H12N4. The van der Waals surface area contributed by atoms with E-state index in [0.717, 1.165) is 5.69 Å². The van der Waals surface area contributed by atoms with Gasteiger partial charge in [0.2, 0.25) is 0 Å². The molecule has 0 aliphatic carbocycles. The van der Waals surface area contributed by atoms with E-state index in [9.17, 15) is 0 Å². The lowest BCUT2D eigenvalue weighted by Crippen LogP contribution is -2.08. The maximum Gasteiger partial charge on any atom is 0.0911 e. The van der Waals surface area contributed by atoms with Crippen molar-refractivity contribution in [1.82, 2.24) is 14.8 Å². The molecule has 2 N–H and O–H groups in total. The molecule has 2 heterocycles. The number of nitrogens with zero attached hydrogens (tertiary/aromatic N) is 3. The molecule has 0 bridgehead atoms. The van der Waals surface area contributed by atoms with Crippen LogP contribution in [0.25, 0.3) is 0 Å². The van der Waals surface area contributed by atoms with Gasteiger partial charge in [0.1, 0.15) is 0 Å². The van der Waals surface area contributed by atoms with E-state index in [2.05, 4.69) is 10.1 Å². The number of nitrogens with two attached hydrogens (primary N) is 1. The number of hydrogen-bond donors (Lipinski definition) is 1. The van der Waals surface area contributed by atoms with Gasteiger partial charge < -0.3 is 5.73 Å². The van der Waals surface area contributed by atoms with Crippen molar-refractivity contribution < 1.29 is 0 Å². The van der Waals surface area contributed by atoms with Crippen molar-refractivity contribution in [3.63, 3.8) is 0 Å². The van der Waals surface area contributed by atoms with Crippen molar-refractivity contribution in [2.24, 2.45) is 0 Å². The Kier molecular flexibility index (Phi) is 2.18. The van der Waals surface area contributed by atoms with Gasteiger partial charge in [-0.05, 0) is 19.1 Å². The van der Waals surface area contributed by atoms with E-state index in [-0.39, 0.29) is 6.04 Å². The SMILES string of the molecule is CC(c1ccccn1)n1cc(N)cn1. The Bertz CT molecular complexity index is 407. The fourth-order valence-electron chi connectivity index (χ4n) is 1.32. The van der Waals surface area contributed by atoms with E-state index in [1.54, 1.807) is 23.3 Å². The minimum Gasteiger partial charge on any atom is -0.396 e. The van der Waals surface area contributed by atoms with Crippen molar-refractivity contribution in [2.45, 2.75) is 13.0 Å². The second-order valence-corrected chi connectivity index (χ2v) is 3.18. The lowest BCUT2D eigenvalue weighted by Gasteiger charge is -2.10. The molecule has 0 amide bonds. The van der Waals surface area contributed by atoms with Gasteiger partial charge in [-0.15, -0.1) is 0 Å². The summed E-state index contributed by atoms with van der Waals surface area (Å²) in [5, 5.41) is 4.14. The summed E-state index contributed by atoms with van der Waals surface area (Å²) < 4.78 is 1.80. The molecule has 2 aromatic rings. The van der Waals surface area contributed by atoms with Gasteiger partial charge in [0.15, 0.2) is 0 Å². The third-order valence-electron chi connectivity index (χ3n) is 2.13. The van der Waals surface area contributed by atoms with E-state index in [1.807, 2.05) is 25.1 Å². The zero-order chi connectivity index (χ0) is 9.97. The molecule has 2 rings (SSSR count). The van der Waals surface area contributed by atoms with Crippen LogP contribution in [0.3, 0.4) is 0 Å². The summed E-state index contributed by atoms with van der Waals surface area (Å²) in [6.45, 7) is 2.04. The highest BCUT2D eigenvalue weighted by Gasteiger charge is 2.08. The molecule has 4 heteroatoms. The first-order valence-corrected chi connectivity index (χ1v) is 4.48. The van der Waals surface area contributed by atoms with Gasteiger partial charge in [0.05, 0.1) is 23.6 Å². The monoisotopic (exact) mass is 188 g/mol. The number of pyridine rings is 1. The lowest BCUT2D eigenvalue weighted by atomic mass is 10.2. The highest BCUT2D eigenvalue weighted by Crippen LogP contribution is 2.14. The van der Waals surface area contributed by atoms with Crippen LogP contribution in [-0.4, -0.2) is 14.8 Å². The number of rotatable bonds is 2. The van der Waals surface area contributed by atoms with Gasteiger partial charge in [-0.25, -0.2) is 0 Å². The van der Waals surface area contributed by atoms with Crippen LogP contribution in [0.15, 0.2) is 36.8 Å². The van der Waals surface area contributed by atoms with Crippen LogP contribution in [0.4, 0.5) is 5.69 Å². The zero-order valence-electron chi connectivity index (χ0n) is 7.96. The molecule has 0 aromatic carbocycles. The Morgan fingerprint density at radius 1 is 1.43 bits per heavy atom. The number of aromatic nitrogens is 3. The number of anilines is 1. The van der Waals surface area contributed by atoms with Gasteiger partial charge >= 0.3 is 0 Å². The first-order chi connectivity index (χ1) is 6.77. The molecule has 72 valence electrons. The summed E-state index contributed by atoms with van der Waals surface area (Å²) in [6.07, 6.45) is 5.22. The smallest absolute Gasteiger partial charge is 0.0911 e. The predicted molar refractivity (Wildman–Crippen MR) is 54.7 cm³/mol. The van der Waals surface area contributed by atoms with E-state index >= 15 is 0 Å². The molecule has 2 aromatic heterocycles.